The molecule has 3 aromatic rings. The molecule has 2 aromatic heterocycles. The predicted octanol–water partition coefficient (Wildman–Crippen LogP) is 4.59. The first-order chi connectivity index (χ1) is 12.7. The largest absolute Gasteiger partial charge is 0.356 e. The van der Waals surface area contributed by atoms with Gasteiger partial charge in [-0.25, -0.2) is 4.98 Å². The molecule has 0 bridgehead atoms. The van der Waals surface area contributed by atoms with E-state index >= 15 is 0 Å². The van der Waals surface area contributed by atoms with Gasteiger partial charge >= 0.3 is 0 Å². The van der Waals surface area contributed by atoms with Gasteiger partial charge in [0.1, 0.15) is 5.82 Å². The molecule has 0 spiro atoms. The first-order valence-electron chi connectivity index (χ1n) is 8.80. The molecule has 1 N–H and O–H groups in total. The van der Waals surface area contributed by atoms with Gasteiger partial charge in [0.2, 0.25) is 5.91 Å². The van der Waals surface area contributed by atoms with Crippen LogP contribution in [0.25, 0.3) is 10.1 Å². The number of piperidine rings is 1. The molecule has 0 unspecified atom stereocenters. The Kier molecular flexibility index (Phi) is 5.22. The zero-order chi connectivity index (χ0) is 17.9. The molecule has 1 aromatic carbocycles. The second kappa shape index (κ2) is 7.76. The number of pyridine rings is 1. The maximum atomic E-state index is 12.5. The van der Waals surface area contributed by atoms with Crippen LogP contribution < -0.4 is 10.2 Å². The molecule has 26 heavy (non-hydrogen) atoms. The van der Waals surface area contributed by atoms with Crippen molar-refractivity contribution < 1.29 is 4.79 Å². The maximum Gasteiger partial charge on any atom is 0.223 e. The van der Waals surface area contributed by atoms with Crippen LogP contribution in [0.15, 0.2) is 52.4 Å². The van der Waals surface area contributed by atoms with Crippen LogP contribution in [-0.4, -0.2) is 24.0 Å². The van der Waals surface area contributed by atoms with Crippen molar-refractivity contribution >= 4 is 49.1 Å². The lowest BCUT2D eigenvalue weighted by molar-refractivity contribution is -0.125. The van der Waals surface area contributed by atoms with Gasteiger partial charge in [-0.2, -0.15) is 0 Å². The Hall–Kier alpha value is -1.92. The number of thiophene rings is 1. The highest BCUT2D eigenvalue weighted by Crippen LogP contribution is 2.31. The molecule has 0 saturated carbocycles. The van der Waals surface area contributed by atoms with Crippen molar-refractivity contribution in [2.24, 2.45) is 5.92 Å². The summed E-state index contributed by atoms with van der Waals surface area (Å²) in [5.41, 5.74) is 1.12. The van der Waals surface area contributed by atoms with Crippen molar-refractivity contribution in [3.63, 3.8) is 0 Å². The van der Waals surface area contributed by atoms with Crippen molar-refractivity contribution in [2.75, 3.05) is 18.0 Å². The highest BCUT2D eigenvalue weighted by Gasteiger charge is 2.26. The molecule has 0 atom stereocenters. The van der Waals surface area contributed by atoms with E-state index in [0.29, 0.717) is 6.54 Å². The zero-order valence-corrected chi connectivity index (χ0v) is 16.7. The fourth-order valence-electron chi connectivity index (χ4n) is 3.42. The molecule has 1 amide bonds. The fourth-order valence-corrected chi connectivity index (χ4v) is 4.46. The number of hydrogen-bond acceptors (Lipinski definition) is 4. The minimum Gasteiger partial charge on any atom is -0.356 e. The van der Waals surface area contributed by atoms with E-state index in [1.54, 1.807) is 11.3 Å². The molecule has 4 rings (SSSR count). The summed E-state index contributed by atoms with van der Waals surface area (Å²) in [4.78, 5) is 19.4. The highest BCUT2D eigenvalue weighted by molar-refractivity contribution is 9.10. The summed E-state index contributed by atoms with van der Waals surface area (Å²) in [7, 11) is 0. The van der Waals surface area contributed by atoms with Gasteiger partial charge in [0.05, 0.1) is 0 Å². The van der Waals surface area contributed by atoms with Gasteiger partial charge in [-0.3, -0.25) is 4.79 Å². The van der Waals surface area contributed by atoms with E-state index in [1.165, 1.54) is 10.1 Å². The summed E-state index contributed by atoms with van der Waals surface area (Å²) in [5.74, 6) is 1.30. The molecule has 1 aliphatic heterocycles. The smallest absolute Gasteiger partial charge is 0.223 e. The average Bonchev–Trinajstić information content (AvgIpc) is 3.16. The van der Waals surface area contributed by atoms with Crippen LogP contribution in [0.3, 0.4) is 0 Å². The van der Waals surface area contributed by atoms with E-state index in [1.807, 2.05) is 30.5 Å². The first-order valence-corrected chi connectivity index (χ1v) is 10.5. The number of halogens is 1. The second-order valence-electron chi connectivity index (χ2n) is 6.57. The Labute approximate surface area is 165 Å². The normalized spacial score (nSPS) is 15.3. The number of fused-ring (bicyclic) bond motifs is 1. The molecular formula is C20H20BrN3OS. The lowest BCUT2D eigenvalue weighted by Crippen LogP contribution is -2.40. The fraction of sp³-hybridized carbons (Fsp3) is 0.300. The molecule has 1 aliphatic rings. The number of rotatable bonds is 4. The van der Waals surface area contributed by atoms with Crippen molar-refractivity contribution in [2.45, 2.75) is 19.4 Å². The van der Waals surface area contributed by atoms with E-state index in [2.05, 4.69) is 48.6 Å². The third-order valence-electron chi connectivity index (χ3n) is 4.90. The minimum absolute atomic E-state index is 0.0865. The maximum absolute atomic E-state index is 12.5. The lowest BCUT2D eigenvalue weighted by atomic mass is 9.95. The zero-order valence-electron chi connectivity index (χ0n) is 14.3. The average molecular weight is 430 g/mol. The number of aromatic nitrogens is 1. The van der Waals surface area contributed by atoms with E-state index in [9.17, 15) is 4.79 Å². The highest BCUT2D eigenvalue weighted by atomic mass is 79.9. The van der Waals surface area contributed by atoms with Gasteiger partial charge in [0.25, 0.3) is 0 Å². The number of carbonyl (C=O) groups excluding carboxylic acids is 1. The van der Waals surface area contributed by atoms with Crippen molar-refractivity contribution in [3.8, 4) is 0 Å². The quantitative estimate of drug-likeness (QED) is 0.659. The summed E-state index contributed by atoms with van der Waals surface area (Å²) in [6.07, 6.45) is 3.62. The molecule has 0 radical (unpaired) electrons. The topological polar surface area (TPSA) is 45.2 Å². The van der Waals surface area contributed by atoms with Crippen molar-refractivity contribution in [1.29, 1.82) is 0 Å². The molecular weight excluding hydrogens is 410 g/mol. The van der Waals surface area contributed by atoms with Crippen molar-refractivity contribution in [1.82, 2.24) is 10.3 Å². The summed E-state index contributed by atoms with van der Waals surface area (Å²) in [5, 5.41) is 6.41. The molecule has 3 heterocycles. The molecule has 1 fully saturated rings. The third-order valence-corrected chi connectivity index (χ3v) is 6.31. The lowest BCUT2D eigenvalue weighted by Gasteiger charge is -2.32. The Bertz CT molecular complexity index is 901. The van der Waals surface area contributed by atoms with E-state index in [4.69, 9.17) is 0 Å². The first kappa shape index (κ1) is 17.5. The number of amides is 1. The summed E-state index contributed by atoms with van der Waals surface area (Å²) in [6, 6.07) is 12.3. The number of nitrogens with one attached hydrogen (secondary N) is 1. The molecule has 4 nitrogen and oxygen atoms in total. The van der Waals surface area contributed by atoms with Crippen LogP contribution in [0.5, 0.6) is 0 Å². The number of nitrogens with zero attached hydrogens (tertiary/aromatic N) is 2. The number of benzene rings is 1. The van der Waals surface area contributed by atoms with Gasteiger partial charge in [-0.1, -0.05) is 28.1 Å². The van der Waals surface area contributed by atoms with Crippen LogP contribution in [0.4, 0.5) is 5.82 Å². The Balaban J connectivity index is 1.33. The molecule has 134 valence electrons. The Morgan fingerprint density at radius 3 is 2.73 bits per heavy atom. The predicted molar refractivity (Wildman–Crippen MR) is 111 cm³/mol. The summed E-state index contributed by atoms with van der Waals surface area (Å²) >= 11 is 5.17. The van der Waals surface area contributed by atoms with Gasteiger partial charge < -0.3 is 10.2 Å². The molecule has 1 saturated heterocycles. The van der Waals surface area contributed by atoms with Crippen LogP contribution in [0.2, 0.25) is 0 Å². The minimum atomic E-state index is 0.0865. The van der Waals surface area contributed by atoms with E-state index < -0.39 is 0 Å². The second-order valence-corrected chi connectivity index (χ2v) is 8.44. The van der Waals surface area contributed by atoms with Gasteiger partial charge in [-0.15, -0.1) is 11.3 Å². The molecule has 6 heteroatoms. The monoisotopic (exact) mass is 429 g/mol. The Morgan fingerprint density at radius 1 is 1.19 bits per heavy atom. The third kappa shape index (κ3) is 3.76. The Morgan fingerprint density at radius 2 is 1.96 bits per heavy atom. The van der Waals surface area contributed by atoms with Gasteiger partial charge in [0.15, 0.2) is 0 Å². The van der Waals surface area contributed by atoms with Crippen LogP contribution >= 0.6 is 27.3 Å². The number of carbonyl (C=O) groups is 1. The van der Waals surface area contributed by atoms with Crippen molar-refractivity contribution in [3.05, 3.63) is 58.0 Å². The SMILES string of the molecule is O=C(NCc1ccc(Br)cc1)C1CCN(c2nccc3sccc23)CC1. The van der Waals surface area contributed by atoms with Crippen LogP contribution in [-0.2, 0) is 11.3 Å². The van der Waals surface area contributed by atoms with Crippen LogP contribution in [0, 0.1) is 5.92 Å². The van der Waals surface area contributed by atoms with Crippen LogP contribution in [0.1, 0.15) is 18.4 Å². The standard InChI is InChI=1S/C20H20BrN3OS/c21-16-3-1-14(2-4-16)13-23-20(25)15-6-10-24(11-7-15)19-17-8-12-26-18(17)5-9-22-19/h1-5,8-9,12,15H,6-7,10-11,13H2,(H,23,25). The molecule has 0 aliphatic carbocycles. The summed E-state index contributed by atoms with van der Waals surface area (Å²) < 4.78 is 2.32. The number of anilines is 1. The number of hydrogen-bond donors (Lipinski definition) is 1. The summed E-state index contributed by atoms with van der Waals surface area (Å²) in [6.45, 7) is 2.33. The van der Waals surface area contributed by atoms with Gasteiger partial charge in [0, 0.05) is 46.3 Å². The van der Waals surface area contributed by atoms with E-state index in [-0.39, 0.29) is 11.8 Å². The van der Waals surface area contributed by atoms with Gasteiger partial charge in [-0.05, 0) is 48.1 Å². The van der Waals surface area contributed by atoms with E-state index in [0.717, 1.165) is 41.8 Å².